The van der Waals surface area contributed by atoms with Crippen LogP contribution >= 0.6 is 22.7 Å². The lowest BCUT2D eigenvalue weighted by Crippen LogP contribution is -2.34. The molecule has 24 heavy (non-hydrogen) atoms. The predicted octanol–water partition coefficient (Wildman–Crippen LogP) is 2.18. The molecule has 0 saturated heterocycles. The number of likely N-dealkylation sites (N-methyl/N-ethyl adjacent to an activating group) is 1. The SMILES string of the molecule is CC(CN(C)C(=O)Cc1csc(NC(=O)c2cccs2)n1)C(=O)O. The van der Waals surface area contributed by atoms with Gasteiger partial charge in [0.15, 0.2) is 5.13 Å². The largest absolute Gasteiger partial charge is 0.481 e. The number of thiazole rings is 1. The first-order chi connectivity index (χ1) is 11.4. The predicted molar refractivity (Wildman–Crippen MR) is 92.5 cm³/mol. The van der Waals surface area contributed by atoms with E-state index in [1.165, 1.54) is 27.6 Å². The van der Waals surface area contributed by atoms with E-state index in [9.17, 15) is 14.4 Å². The van der Waals surface area contributed by atoms with Gasteiger partial charge in [-0.2, -0.15) is 0 Å². The third-order valence-corrected chi connectivity index (χ3v) is 4.92. The lowest BCUT2D eigenvalue weighted by Gasteiger charge is -2.18. The van der Waals surface area contributed by atoms with E-state index in [-0.39, 0.29) is 24.8 Å². The van der Waals surface area contributed by atoms with Gasteiger partial charge in [0.05, 0.1) is 22.9 Å². The van der Waals surface area contributed by atoms with Crippen LogP contribution in [0.2, 0.25) is 0 Å². The van der Waals surface area contributed by atoms with Gasteiger partial charge >= 0.3 is 5.97 Å². The number of rotatable bonds is 7. The minimum Gasteiger partial charge on any atom is -0.481 e. The third-order valence-electron chi connectivity index (χ3n) is 3.24. The molecule has 128 valence electrons. The lowest BCUT2D eigenvalue weighted by atomic mass is 10.1. The van der Waals surface area contributed by atoms with Crippen molar-refractivity contribution in [2.24, 2.45) is 5.92 Å². The molecule has 2 aromatic heterocycles. The number of amides is 2. The van der Waals surface area contributed by atoms with Gasteiger partial charge in [0.1, 0.15) is 0 Å². The quantitative estimate of drug-likeness (QED) is 0.781. The highest BCUT2D eigenvalue weighted by Crippen LogP contribution is 2.18. The number of anilines is 1. The van der Waals surface area contributed by atoms with E-state index in [0.29, 0.717) is 15.7 Å². The first kappa shape index (κ1) is 18.1. The molecule has 0 aliphatic heterocycles. The fourth-order valence-electron chi connectivity index (χ4n) is 1.89. The van der Waals surface area contributed by atoms with E-state index in [1.54, 1.807) is 31.5 Å². The second kappa shape index (κ2) is 8.02. The molecule has 9 heteroatoms. The number of nitrogens with one attached hydrogen (secondary N) is 1. The molecular weight excluding hydrogens is 350 g/mol. The van der Waals surface area contributed by atoms with Crippen molar-refractivity contribution in [3.63, 3.8) is 0 Å². The Labute approximate surface area is 146 Å². The molecule has 1 unspecified atom stereocenters. The first-order valence-corrected chi connectivity index (χ1v) is 8.88. The lowest BCUT2D eigenvalue weighted by molar-refractivity contribution is -0.142. The summed E-state index contributed by atoms with van der Waals surface area (Å²) >= 11 is 2.58. The van der Waals surface area contributed by atoms with Crippen LogP contribution < -0.4 is 5.32 Å². The van der Waals surface area contributed by atoms with Crippen LogP contribution in [0.25, 0.3) is 0 Å². The Morgan fingerprint density at radius 2 is 2.12 bits per heavy atom. The summed E-state index contributed by atoms with van der Waals surface area (Å²) in [5.74, 6) is -2.02. The molecule has 0 aliphatic carbocycles. The Morgan fingerprint density at radius 1 is 1.38 bits per heavy atom. The molecule has 2 rings (SSSR count). The standard InChI is InChI=1S/C15H17N3O4S2/c1-9(14(21)22)7-18(2)12(19)6-10-8-24-15(16-10)17-13(20)11-4-3-5-23-11/h3-5,8-9H,6-7H2,1-2H3,(H,21,22)(H,16,17,20). The van der Waals surface area contributed by atoms with E-state index in [0.717, 1.165) is 0 Å². The summed E-state index contributed by atoms with van der Waals surface area (Å²) in [4.78, 5) is 41.1. The number of aromatic nitrogens is 1. The minimum absolute atomic E-state index is 0.0637. The maximum Gasteiger partial charge on any atom is 0.308 e. The van der Waals surface area contributed by atoms with Gasteiger partial charge in [0.25, 0.3) is 5.91 Å². The third kappa shape index (κ3) is 4.87. The van der Waals surface area contributed by atoms with Crippen molar-refractivity contribution < 1.29 is 19.5 Å². The van der Waals surface area contributed by atoms with Crippen molar-refractivity contribution in [2.75, 3.05) is 18.9 Å². The molecule has 1 atom stereocenters. The molecule has 0 radical (unpaired) electrons. The zero-order valence-electron chi connectivity index (χ0n) is 13.2. The zero-order chi connectivity index (χ0) is 17.7. The minimum atomic E-state index is -0.943. The maximum absolute atomic E-state index is 12.1. The Balaban J connectivity index is 1.90. The number of nitrogens with zero attached hydrogens (tertiary/aromatic N) is 2. The molecule has 2 aromatic rings. The van der Waals surface area contributed by atoms with Gasteiger partial charge in [0, 0.05) is 19.0 Å². The number of aliphatic carboxylic acids is 1. The summed E-state index contributed by atoms with van der Waals surface area (Å²) in [5.41, 5.74) is 0.543. The van der Waals surface area contributed by atoms with Crippen LogP contribution in [-0.2, 0) is 16.0 Å². The summed E-state index contributed by atoms with van der Waals surface area (Å²) in [6.07, 6.45) is 0.0637. The summed E-state index contributed by atoms with van der Waals surface area (Å²) in [5, 5.41) is 15.5. The number of hydrogen-bond donors (Lipinski definition) is 2. The highest BCUT2D eigenvalue weighted by atomic mass is 32.1. The van der Waals surface area contributed by atoms with Gasteiger partial charge in [0.2, 0.25) is 5.91 Å². The Bertz CT molecular complexity index is 727. The molecule has 0 bridgehead atoms. The number of hydrogen-bond acceptors (Lipinski definition) is 6. The fraction of sp³-hybridized carbons (Fsp3) is 0.333. The van der Waals surface area contributed by atoms with Gasteiger partial charge in [-0.05, 0) is 11.4 Å². The van der Waals surface area contributed by atoms with E-state index in [4.69, 9.17) is 5.11 Å². The number of carbonyl (C=O) groups excluding carboxylic acids is 2. The summed E-state index contributed by atoms with van der Waals surface area (Å²) in [6.45, 7) is 1.69. The second-order valence-corrected chi connectivity index (χ2v) is 7.07. The van der Waals surface area contributed by atoms with Gasteiger partial charge < -0.3 is 10.0 Å². The maximum atomic E-state index is 12.1. The summed E-state index contributed by atoms with van der Waals surface area (Å²) in [7, 11) is 1.56. The van der Waals surface area contributed by atoms with Crippen molar-refractivity contribution in [1.82, 2.24) is 9.88 Å². The average Bonchev–Trinajstić information content (AvgIpc) is 3.18. The fourth-order valence-corrected chi connectivity index (χ4v) is 3.22. The highest BCUT2D eigenvalue weighted by Gasteiger charge is 2.18. The van der Waals surface area contributed by atoms with E-state index in [2.05, 4.69) is 10.3 Å². The van der Waals surface area contributed by atoms with Crippen LogP contribution in [0, 0.1) is 5.92 Å². The van der Waals surface area contributed by atoms with Crippen LogP contribution in [-0.4, -0.2) is 46.4 Å². The van der Waals surface area contributed by atoms with Crippen molar-refractivity contribution in [1.29, 1.82) is 0 Å². The first-order valence-electron chi connectivity index (χ1n) is 7.13. The zero-order valence-corrected chi connectivity index (χ0v) is 14.8. The Morgan fingerprint density at radius 3 is 2.75 bits per heavy atom. The molecule has 2 amide bonds. The normalized spacial score (nSPS) is 11.8. The molecule has 2 heterocycles. The number of thiophene rings is 1. The number of carbonyl (C=O) groups is 3. The highest BCUT2D eigenvalue weighted by molar-refractivity contribution is 7.14. The molecular formula is C15H17N3O4S2. The van der Waals surface area contributed by atoms with Gasteiger partial charge in [-0.1, -0.05) is 13.0 Å². The van der Waals surface area contributed by atoms with Crippen LogP contribution in [0.15, 0.2) is 22.9 Å². The van der Waals surface area contributed by atoms with Crippen molar-refractivity contribution in [3.8, 4) is 0 Å². The molecule has 2 N–H and O–H groups in total. The molecule has 0 fully saturated rings. The number of carboxylic acid groups (broad SMARTS) is 1. The molecule has 7 nitrogen and oxygen atoms in total. The Hall–Kier alpha value is -2.26. The van der Waals surface area contributed by atoms with Gasteiger partial charge in [-0.15, -0.1) is 22.7 Å². The van der Waals surface area contributed by atoms with Crippen molar-refractivity contribution >= 4 is 45.6 Å². The van der Waals surface area contributed by atoms with E-state index < -0.39 is 11.9 Å². The van der Waals surface area contributed by atoms with Gasteiger partial charge in [-0.25, -0.2) is 4.98 Å². The topological polar surface area (TPSA) is 99.6 Å². The van der Waals surface area contributed by atoms with Crippen LogP contribution in [0.1, 0.15) is 22.3 Å². The van der Waals surface area contributed by atoms with Crippen LogP contribution in [0.5, 0.6) is 0 Å². The van der Waals surface area contributed by atoms with Crippen LogP contribution in [0.3, 0.4) is 0 Å². The Kier molecular flexibility index (Phi) is 6.04. The summed E-state index contributed by atoms with van der Waals surface area (Å²) < 4.78 is 0. The molecule has 0 saturated carbocycles. The molecule has 0 aromatic carbocycles. The van der Waals surface area contributed by atoms with E-state index >= 15 is 0 Å². The number of carboxylic acids is 1. The van der Waals surface area contributed by atoms with E-state index in [1.807, 2.05) is 5.38 Å². The van der Waals surface area contributed by atoms with Crippen molar-refractivity contribution in [2.45, 2.75) is 13.3 Å². The van der Waals surface area contributed by atoms with Gasteiger partial charge in [-0.3, -0.25) is 19.7 Å². The molecule has 0 spiro atoms. The smallest absolute Gasteiger partial charge is 0.308 e. The molecule has 0 aliphatic rings. The second-order valence-electron chi connectivity index (χ2n) is 5.27. The summed E-state index contributed by atoms with van der Waals surface area (Å²) in [6, 6.07) is 3.51. The monoisotopic (exact) mass is 367 g/mol. The van der Waals surface area contributed by atoms with Crippen molar-refractivity contribution in [3.05, 3.63) is 33.5 Å². The van der Waals surface area contributed by atoms with Crippen LogP contribution in [0.4, 0.5) is 5.13 Å². The average molecular weight is 367 g/mol.